The second kappa shape index (κ2) is 3.39. The minimum Gasteiger partial charge on any atom is -0.443 e. The van der Waals surface area contributed by atoms with Gasteiger partial charge in [0.05, 0.1) is 5.69 Å². The number of aryl methyl sites for hydroxylation is 1. The molecule has 2 heterocycles. The summed E-state index contributed by atoms with van der Waals surface area (Å²) in [6, 6.07) is 5.66. The normalized spacial score (nSPS) is 10.2. The molecule has 0 saturated carbocycles. The summed E-state index contributed by atoms with van der Waals surface area (Å²) in [6.07, 6.45) is 4.28. The Kier molecular flexibility index (Phi) is 2.08. The van der Waals surface area contributed by atoms with Gasteiger partial charge in [0.25, 0.3) is 0 Å². The molecule has 0 amide bonds. The van der Waals surface area contributed by atoms with Crippen molar-refractivity contribution in [3.05, 3.63) is 36.4 Å². The van der Waals surface area contributed by atoms with Gasteiger partial charge in [0.1, 0.15) is 12.0 Å². The molecule has 0 spiro atoms. The van der Waals surface area contributed by atoms with E-state index in [4.69, 9.17) is 4.42 Å². The largest absolute Gasteiger partial charge is 0.443 e. The molecule has 13 heavy (non-hydrogen) atoms. The zero-order chi connectivity index (χ0) is 9.10. The van der Waals surface area contributed by atoms with Crippen LogP contribution in [-0.2, 0) is 6.42 Å². The van der Waals surface area contributed by atoms with Crippen LogP contribution in [0.2, 0.25) is 0 Å². The van der Waals surface area contributed by atoms with Crippen molar-refractivity contribution in [2.75, 3.05) is 0 Å². The molecule has 3 nitrogen and oxygen atoms in total. The van der Waals surface area contributed by atoms with Crippen LogP contribution in [0.4, 0.5) is 0 Å². The fraction of sp³-hybridized carbons (Fsp3) is 0.200. The highest BCUT2D eigenvalue weighted by Crippen LogP contribution is 2.15. The maximum Gasteiger partial charge on any atom is 0.245 e. The van der Waals surface area contributed by atoms with E-state index in [0.717, 1.165) is 17.8 Å². The van der Waals surface area contributed by atoms with Crippen LogP contribution in [0, 0.1) is 0 Å². The molecule has 0 atom stereocenters. The monoisotopic (exact) mass is 174 g/mol. The Labute approximate surface area is 76.5 Å². The quantitative estimate of drug-likeness (QED) is 0.701. The summed E-state index contributed by atoms with van der Waals surface area (Å²) in [7, 11) is 0. The molecule has 0 fully saturated rings. The lowest BCUT2D eigenvalue weighted by Gasteiger charge is -1.90. The molecule has 0 unspecified atom stereocenters. The van der Waals surface area contributed by atoms with Gasteiger partial charge < -0.3 is 4.42 Å². The minimum absolute atomic E-state index is 0.595. The van der Waals surface area contributed by atoms with Gasteiger partial charge in [0, 0.05) is 6.20 Å². The van der Waals surface area contributed by atoms with Gasteiger partial charge in [-0.05, 0) is 18.6 Å². The molecule has 0 radical (unpaired) electrons. The van der Waals surface area contributed by atoms with Crippen molar-refractivity contribution in [2.45, 2.75) is 13.3 Å². The lowest BCUT2D eigenvalue weighted by Crippen LogP contribution is -1.83. The molecule has 3 heteroatoms. The SMILES string of the molecule is CCc1coc(-c2ccccn2)n1. The highest BCUT2D eigenvalue weighted by Gasteiger charge is 2.04. The van der Waals surface area contributed by atoms with Crippen molar-refractivity contribution >= 4 is 0 Å². The molecule has 66 valence electrons. The lowest BCUT2D eigenvalue weighted by molar-refractivity contribution is 0.570. The average molecular weight is 174 g/mol. The second-order valence-electron chi connectivity index (χ2n) is 2.71. The van der Waals surface area contributed by atoms with Crippen molar-refractivity contribution in [1.29, 1.82) is 0 Å². The molecule has 0 aromatic carbocycles. The van der Waals surface area contributed by atoms with Gasteiger partial charge >= 0.3 is 0 Å². The number of nitrogens with zero attached hydrogens (tertiary/aromatic N) is 2. The van der Waals surface area contributed by atoms with Gasteiger partial charge in [-0.3, -0.25) is 4.98 Å². The van der Waals surface area contributed by atoms with Crippen LogP contribution in [0.5, 0.6) is 0 Å². The van der Waals surface area contributed by atoms with E-state index in [1.54, 1.807) is 12.5 Å². The number of hydrogen-bond acceptors (Lipinski definition) is 3. The highest BCUT2D eigenvalue weighted by atomic mass is 16.3. The van der Waals surface area contributed by atoms with E-state index in [9.17, 15) is 0 Å². The molecular weight excluding hydrogens is 164 g/mol. The third kappa shape index (κ3) is 1.59. The van der Waals surface area contributed by atoms with Gasteiger partial charge in [0.2, 0.25) is 5.89 Å². The highest BCUT2D eigenvalue weighted by molar-refractivity contribution is 5.45. The third-order valence-electron chi connectivity index (χ3n) is 1.80. The summed E-state index contributed by atoms with van der Waals surface area (Å²) in [5, 5.41) is 0. The molecule has 2 aromatic rings. The number of aromatic nitrogens is 2. The van der Waals surface area contributed by atoms with E-state index in [0.29, 0.717) is 5.89 Å². The van der Waals surface area contributed by atoms with Crippen molar-refractivity contribution in [1.82, 2.24) is 9.97 Å². The Morgan fingerprint density at radius 3 is 2.92 bits per heavy atom. The number of oxazole rings is 1. The Morgan fingerprint density at radius 2 is 2.31 bits per heavy atom. The van der Waals surface area contributed by atoms with E-state index in [1.807, 2.05) is 25.1 Å². The third-order valence-corrected chi connectivity index (χ3v) is 1.80. The van der Waals surface area contributed by atoms with E-state index in [2.05, 4.69) is 9.97 Å². The smallest absolute Gasteiger partial charge is 0.245 e. The average Bonchev–Trinajstić information content (AvgIpc) is 2.67. The predicted octanol–water partition coefficient (Wildman–Crippen LogP) is 2.30. The van der Waals surface area contributed by atoms with Crippen molar-refractivity contribution in [3.63, 3.8) is 0 Å². The van der Waals surface area contributed by atoms with Crippen LogP contribution < -0.4 is 0 Å². The van der Waals surface area contributed by atoms with Gasteiger partial charge in [-0.25, -0.2) is 4.98 Å². The van der Waals surface area contributed by atoms with Crippen LogP contribution in [-0.4, -0.2) is 9.97 Å². The van der Waals surface area contributed by atoms with Crippen LogP contribution in [0.15, 0.2) is 35.1 Å². The zero-order valence-corrected chi connectivity index (χ0v) is 7.40. The van der Waals surface area contributed by atoms with Crippen molar-refractivity contribution in [2.24, 2.45) is 0 Å². The Hall–Kier alpha value is -1.64. The van der Waals surface area contributed by atoms with Crippen molar-refractivity contribution < 1.29 is 4.42 Å². The lowest BCUT2D eigenvalue weighted by atomic mass is 10.3. The number of hydrogen-bond donors (Lipinski definition) is 0. The standard InChI is InChI=1S/C10H10N2O/c1-2-8-7-13-10(12-8)9-5-3-4-6-11-9/h3-7H,2H2,1H3. The number of pyridine rings is 1. The van der Waals surface area contributed by atoms with E-state index in [-0.39, 0.29) is 0 Å². The summed E-state index contributed by atoms with van der Waals surface area (Å²) < 4.78 is 5.27. The second-order valence-corrected chi connectivity index (χ2v) is 2.71. The fourth-order valence-electron chi connectivity index (χ4n) is 1.08. The first-order chi connectivity index (χ1) is 6.40. The van der Waals surface area contributed by atoms with Crippen LogP contribution >= 0.6 is 0 Å². The molecule has 2 aromatic heterocycles. The number of rotatable bonds is 2. The maximum absolute atomic E-state index is 5.27. The molecule has 2 rings (SSSR count). The first kappa shape index (κ1) is 7.98. The maximum atomic E-state index is 5.27. The van der Waals surface area contributed by atoms with Crippen LogP contribution in [0.25, 0.3) is 11.6 Å². The Morgan fingerprint density at radius 1 is 1.38 bits per heavy atom. The molecule has 0 bridgehead atoms. The van der Waals surface area contributed by atoms with Crippen LogP contribution in [0.1, 0.15) is 12.6 Å². The first-order valence-corrected chi connectivity index (χ1v) is 4.26. The van der Waals surface area contributed by atoms with E-state index >= 15 is 0 Å². The first-order valence-electron chi connectivity index (χ1n) is 4.26. The molecule has 0 aliphatic heterocycles. The van der Waals surface area contributed by atoms with Gasteiger partial charge in [-0.1, -0.05) is 13.0 Å². The molecule has 0 saturated heterocycles. The Balaban J connectivity index is 2.36. The van der Waals surface area contributed by atoms with Gasteiger partial charge in [-0.2, -0.15) is 0 Å². The van der Waals surface area contributed by atoms with Gasteiger partial charge in [-0.15, -0.1) is 0 Å². The molecule has 0 aliphatic rings. The summed E-state index contributed by atoms with van der Waals surface area (Å²) in [5.41, 5.74) is 1.74. The molecule has 0 aliphatic carbocycles. The zero-order valence-electron chi connectivity index (χ0n) is 7.40. The van der Waals surface area contributed by atoms with Crippen molar-refractivity contribution in [3.8, 4) is 11.6 Å². The summed E-state index contributed by atoms with van der Waals surface area (Å²) in [5.74, 6) is 0.595. The van der Waals surface area contributed by atoms with E-state index < -0.39 is 0 Å². The van der Waals surface area contributed by atoms with Gasteiger partial charge in [0.15, 0.2) is 0 Å². The predicted molar refractivity (Wildman–Crippen MR) is 49.1 cm³/mol. The Bertz CT molecular complexity index is 381. The van der Waals surface area contributed by atoms with Crippen LogP contribution in [0.3, 0.4) is 0 Å². The molecule has 0 N–H and O–H groups in total. The van der Waals surface area contributed by atoms with E-state index in [1.165, 1.54) is 0 Å². The molecular formula is C10H10N2O. The fourth-order valence-corrected chi connectivity index (χ4v) is 1.08. The summed E-state index contributed by atoms with van der Waals surface area (Å²) in [6.45, 7) is 2.04. The minimum atomic E-state index is 0.595. The topological polar surface area (TPSA) is 38.9 Å². The summed E-state index contributed by atoms with van der Waals surface area (Å²) in [4.78, 5) is 8.41. The summed E-state index contributed by atoms with van der Waals surface area (Å²) >= 11 is 0.